The van der Waals surface area contributed by atoms with E-state index >= 15 is 0 Å². The van der Waals surface area contributed by atoms with Gasteiger partial charge in [-0.05, 0) is 24.6 Å². The molecular formula is C14H18N4O2S2. The van der Waals surface area contributed by atoms with Gasteiger partial charge < -0.3 is 15.4 Å². The average Bonchev–Trinajstić information content (AvgIpc) is 2.98. The Hall–Kier alpha value is -1.80. The zero-order valence-electron chi connectivity index (χ0n) is 12.5. The van der Waals surface area contributed by atoms with Crippen LogP contribution in [0.4, 0.5) is 5.13 Å². The molecule has 0 radical (unpaired) electrons. The van der Waals surface area contributed by atoms with Crippen LogP contribution in [0.5, 0.6) is 5.75 Å². The first kappa shape index (κ1) is 16.6. The van der Waals surface area contributed by atoms with Crippen LogP contribution in [0.25, 0.3) is 0 Å². The molecule has 0 atom stereocenters. The molecule has 0 aliphatic carbocycles. The molecule has 1 aromatic carbocycles. The van der Waals surface area contributed by atoms with Gasteiger partial charge in [0.25, 0.3) is 0 Å². The molecule has 6 nitrogen and oxygen atoms in total. The van der Waals surface area contributed by atoms with Gasteiger partial charge in [-0.3, -0.25) is 4.79 Å². The van der Waals surface area contributed by atoms with E-state index in [1.807, 2.05) is 31.2 Å². The molecule has 2 aromatic rings. The summed E-state index contributed by atoms with van der Waals surface area (Å²) in [5, 5.41) is 14.4. The number of hydrogen-bond acceptors (Lipinski definition) is 7. The summed E-state index contributed by atoms with van der Waals surface area (Å²) in [6, 6.07) is 7.83. The summed E-state index contributed by atoms with van der Waals surface area (Å²) in [5.74, 6) is 1.10. The molecule has 1 heterocycles. The van der Waals surface area contributed by atoms with Crippen LogP contribution in [-0.4, -0.2) is 42.1 Å². The first-order chi connectivity index (χ1) is 10.7. The number of nitrogens with zero attached hydrogens (tertiary/aromatic N) is 2. The van der Waals surface area contributed by atoms with Crippen molar-refractivity contribution in [1.82, 2.24) is 15.5 Å². The SMILES string of the molecule is CNc1nnc(SCC(=O)NCCOc2cccc(C)c2)s1. The van der Waals surface area contributed by atoms with E-state index in [2.05, 4.69) is 20.8 Å². The van der Waals surface area contributed by atoms with Crippen molar-refractivity contribution < 1.29 is 9.53 Å². The van der Waals surface area contributed by atoms with Crippen LogP contribution >= 0.6 is 23.1 Å². The Labute approximate surface area is 137 Å². The van der Waals surface area contributed by atoms with Crippen molar-refractivity contribution in [3.63, 3.8) is 0 Å². The summed E-state index contributed by atoms with van der Waals surface area (Å²) in [6.07, 6.45) is 0. The Balaban J connectivity index is 1.61. The number of carbonyl (C=O) groups excluding carboxylic acids is 1. The third kappa shape index (κ3) is 5.53. The van der Waals surface area contributed by atoms with Crippen molar-refractivity contribution in [2.24, 2.45) is 0 Å². The number of aromatic nitrogens is 2. The van der Waals surface area contributed by atoms with Crippen molar-refractivity contribution in [3.8, 4) is 5.75 Å². The maximum absolute atomic E-state index is 11.7. The molecule has 0 saturated heterocycles. The molecule has 2 N–H and O–H groups in total. The van der Waals surface area contributed by atoms with Crippen LogP contribution in [0.15, 0.2) is 28.6 Å². The molecule has 22 heavy (non-hydrogen) atoms. The molecule has 2 rings (SSSR count). The Bertz CT molecular complexity index is 618. The number of anilines is 1. The van der Waals surface area contributed by atoms with E-state index < -0.39 is 0 Å². The van der Waals surface area contributed by atoms with E-state index in [9.17, 15) is 4.79 Å². The largest absolute Gasteiger partial charge is 0.492 e. The molecule has 0 aliphatic rings. The second-order valence-electron chi connectivity index (χ2n) is 4.43. The number of aryl methyl sites for hydroxylation is 1. The van der Waals surface area contributed by atoms with E-state index in [0.29, 0.717) is 18.9 Å². The minimum absolute atomic E-state index is 0.0425. The van der Waals surface area contributed by atoms with Gasteiger partial charge in [-0.1, -0.05) is 35.2 Å². The lowest BCUT2D eigenvalue weighted by Crippen LogP contribution is -2.29. The van der Waals surface area contributed by atoms with E-state index in [1.54, 1.807) is 7.05 Å². The summed E-state index contributed by atoms with van der Waals surface area (Å²) in [5.41, 5.74) is 1.15. The van der Waals surface area contributed by atoms with Crippen LogP contribution in [0.2, 0.25) is 0 Å². The van der Waals surface area contributed by atoms with Gasteiger partial charge in [-0.2, -0.15) is 0 Å². The second-order valence-corrected chi connectivity index (χ2v) is 6.63. The molecule has 0 unspecified atom stereocenters. The molecule has 1 amide bonds. The number of hydrogen-bond donors (Lipinski definition) is 2. The van der Waals surface area contributed by atoms with Gasteiger partial charge in [0.1, 0.15) is 12.4 Å². The molecule has 0 aliphatic heterocycles. The summed E-state index contributed by atoms with van der Waals surface area (Å²) >= 11 is 2.80. The lowest BCUT2D eigenvalue weighted by atomic mass is 10.2. The molecule has 1 aromatic heterocycles. The Morgan fingerprint density at radius 3 is 3.00 bits per heavy atom. The number of rotatable bonds is 8. The molecule has 0 saturated carbocycles. The fourth-order valence-corrected chi connectivity index (χ4v) is 3.15. The number of amides is 1. The third-order valence-corrected chi connectivity index (χ3v) is 4.70. The van der Waals surface area contributed by atoms with Gasteiger partial charge in [0.05, 0.1) is 12.3 Å². The topological polar surface area (TPSA) is 76.1 Å². The minimum atomic E-state index is -0.0425. The van der Waals surface area contributed by atoms with E-state index in [1.165, 1.54) is 23.1 Å². The minimum Gasteiger partial charge on any atom is -0.492 e. The number of thioether (sulfide) groups is 1. The molecule has 0 fully saturated rings. The fourth-order valence-electron chi connectivity index (χ4n) is 1.61. The highest BCUT2D eigenvalue weighted by Gasteiger charge is 2.07. The predicted octanol–water partition coefficient (Wildman–Crippen LogP) is 2.18. The van der Waals surface area contributed by atoms with Crippen LogP contribution in [0, 0.1) is 6.92 Å². The van der Waals surface area contributed by atoms with E-state index in [4.69, 9.17) is 4.74 Å². The van der Waals surface area contributed by atoms with Crippen LogP contribution < -0.4 is 15.4 Å². The first-order valence-electron chi connectivity index (χ1n) is 6.77. The van der Waals surface area contributed by atoms with Crippen LogP contribution in [-0.2, 0) is 4.79 Å². The van der Waals surface area contributed by atoms with Gasteiger partial charge in [0.2, 0.25) is 11.0 Å². The number of carbonyl (C=O) groups is 1. The fraction of sp³-hybridized carbons (Fsp3) is 0.357. The summed E-state index contributed by atoms with van der Waals surface area (Å²) < 4.78 is 6.34. The van der Waals surface area contributed by atoms with Crippen molar-refractivity contribution in [3.05, 3.63) is 29.8 Å². The molecule has 118 valence electrons. The molecule has 0 bridgehead atoms. The van der Waals surface area contributed by atoms with Crippen molar-refractivity contribution in [2.75, 3.05) is 31.3 Å². The monoisotopic (exact) mass is 338 g/mol. The Kier molecular flexibility index (Phi) is 6.47. The zero-order chi connectivity index (χ0) is 15.8. The van der Waals surface area contributed by atoms with Crippen molar-refractivity contribution >= 4 is 34.1 Å². The third-order valence-electron chi connectivity index (χ3n) is 2.63. The number of benzene rings is 1. The summed E-state index contributed by atoms with van der Waals surface area (Å²) in [6.45, 7) is 2.94. The van der Waals surface area contributed by atoms with Crippen molar-refractivity contribution in [2.45, 2.75) is 11.3 Å². The second kappa shape index (κ2) is 8.60. The highest BCUT2D eigenvalue weighted by atomic mass is 32.2. The zero-order valence-corrected chi connectivity index (χ0v) is 14.1. The lowest BCUT2D eigenvalue weighted by molar-refractivity contribution is -0.118. The van der Waals surface area contributed by atoms with Gasteiger partial charge >= 0.3 is 0 Å². The summed E-state index contributed by atoms with van der Waals surface area (Å²) in [4.78, 5) is 11.7. The maximum atomic E-state index is 11.7. The Morgan fingerprint density at radius 1 is 1.41 bits per heavy atom. The maximum Gasteiger partial charge on any atom is 0.230 e. The van der Waals surface area contributed by atoms with Gasteiger partial charge in [0, 0.05) is 7.05 Å². The van der Waals surface area contributed by atoms with Crippen molar-refractivity contribution in [1.29, 1.82) is 0 Å². The molecule has 0 spiro atoms. The predicted molar refractivity (Wildman–Crippen MR) is 89.9 cm³/mol. The number of nitrogens with one attached hydrogen (secondary N) is 2. The van der Waals surface area contributed by atoms with Crippen LogP contribution in [0.3, 0.4) is 0 Å². The highest BCUT2D eigenvalue weighted by molar-refractivity contribution is 8.01. The van der Waals surface area contributed by atoms with Gasteiger partial charge in [-0.15, -0.1) is 10.2 Å². The smallest absolute Gasteiger partial charge is 0.230 e. The highest BCUT2D eigenvalue weighted by Crippen LogP contribution is 2.24. The number of ether oxygens (including phenoxy) is 1. The van der Waals surface area contributed by atoms with E-state index in [-0.39, 0.29) is 5.91 Å². The first-order valence-corrected chi connectivity index (χ1v) is 8.58. The van der Waals surface area contributed by atoms with Crippen LogP contribution in [0.1, 0.15) is 5.56 Å². The average molecular weight is 338 g/mol. The van der Waals surface area contributed by atoms with Gasteiger partial charge in [-0.25, -0.2) is 0 Å². The molecular weight excluding hydrogens is 320 g/mol. The standard InChI is InChI=1S/C14H18N4O2S2/c1-10-4-3-5-11(8-10)20-7-6-16-12(19)9-21-14-18-17-13(15-2)22-14/h3-5,8H,6-7,9H2,1-2H3,(H,15,17)(H,16,19). The van der Waals surface area contributed by atoms with E-state index in [0.717, 1.165) is 20.8 Å². The van der Waals surface area contributed by atoms with Gasteiger partial charge in [0.15, 0.2) is 4.34 Å². The lowest BCUT2D eigenvalue weighted by Gasteiger charge is -2.07. The normalized spacial score (nSPS) is 10.3. The summed E-state index contributed by atoms with van der Waals surface area (Å²) in [7, 11) is 1.79. The Morgan fingerprint density at radius 2 is 2.27 bits per heavy atom. The quantitative estimate of drug-likeness (QED) is 0.567. The molecule has 8 heteroatoms.